The third-order valence-corrected chi connectivity index (χ3v) is 3.53. The molecular weight excluding hydrogens is 244 g/mol. The van der Waals surface area contributed by atoms with E-state index in [9.17, 15) is 0 Å². The van der Waals surface area contributed by atoms with E-state index in [0.29, 0.717) is 6.61 Å². The van der Waals surface area contributed by atoms with Crippen LogP contribution in [0, 0.1) is 0 Å². The van der Waals surface area contributed by atoms with E-state index in [0.717, 1.165) is 12.2 Å². The Labute approximate surface area is 119 Å². The second kappa shape index (κ2) is 5.79. The van der Waals surface area contributed by atoms with Crippen LogP contribution < -0.4 is 4.74 Å². The summed E-state index contributed by atoms with van der Waals surface area (Å²) in [4.78, 5) is 0. The van der Waals surface area contributed by atoms with Crippen molar-refractivity contribution in [2.45, 2.75) is 20.0 Å². The van der Waals surface area contributed by atoms with Gasteiger partial charge in [0.05, 0.1) is 0 Å². The first-order valence-electron chi connectivity index (χ1n) is 7.04. The van der Waals surface area contributed by atoms with E-state index in [4.69, 9.17) is 4.74 Å². The second-order valence-electron chi connectivity index (χ2n) is 4.97. The minimum absolute atomic E-state index is 0.609. The van der Waals surface area contributed by atoms with Crippen molar-refractivity contribution in [1.82, 2.24) is 0 Å². The van der Waals surface area contributed by atoms with Gasteiger partial charge in [-0.2, -0.15) is 0 Å². The van der Waals surface area contributed by atoms with Crippen LogP contribution in [0.1, 0.15) is 18.1 Å². The maximum Gasteiger partial charge on any atom is 0.120 e. The van der Waals surface area contributed by atoms with Crippen molar-refractivity contribution in [3.63, 3.8) is 0 Å². The molecule has 0 amide bonds. The fraction of sp³-hybridized carbons (Fsp3) is 0.158. The zero-order valence-corrected chi connectivity index (χ0v) is 11.7. The first kappa shape index (κ1) is 12.7. The number of fused-ring (bicyclic) bond motifs is 1. The summed E-state index contributed by atoms with van der Waals surface area (Å²) in [5.41, 5.74) is 2.51. The average Bonchev–Trinajstić information content (AvgIpc) is 2.53. The summed E-state index contributed by atoms with van der Waals surface area (Å²) >= 11 is 0. The summed E-state index contributed by atoms with van der Waals surface area (Å²) < 4.78 is 5.88. The molecule has 0 unspecified atom stereocenters. The maximum atomic E-state index is 5.88. The highest BCUT2D eigenvalue weighted by molar-refractivity contribution is 5.82. The number of ether oxygens (including phenoxy) is 1. The standard InChI is InChI=1S/C19H18O/c1-2-15-6-5-9-19(13-15)20-14-16-10-11-17-7-3-4-8-18(17)12-16/h3-13H,2,14H2,1H3. The van der Waals surface area contributed by atoms with Crippen molar-refractivity contribution in [2.75, 3.05) is 0 Å². The van der Waals surface area contributed by atoms with Crippen molar-refractivity contribution >= 4 is 10.8 Å². The van der Waals surface area contributed by atoms with Crippen molar-refractivity contribution in [3.05, 3.63) is 77.9 Å². The van der Waals surface area contributed by atoms with Gasteiger partial charge in [-0.3, -0.25) is 0 Å². The highest BCUT2D eigenvalue weighted by atomic mass is 16.5. The Morgan fingerprint density at radius 1 is 0.750 bits per heavy atom. The van der Waals surface area contributed by atoms with Gasteiger partial charge in [-0.1, -0.05) is 55.5 Å². The normalized spacial score (nSPS) is 10.7. The van der Waals surface area contributed by atoms with Gasteiger partial charge in [-0.05, 0) is 46.5 Å². The molecule has 0 aliphatic carbocycles. The van der Waals surface area contributed by atoms with Gasteiger partial charge < -0.3 is 4.74 Å². The molecule has 20 heavy (non-hydrogen) atoms. The van der Waals surface area contributed by atoms with E-state index in [-0.39, 0.29) is 0 Å². The number of hydrogen-bond donors (Lipinski definition) is 0. The first-order valence-corrected chi connectivity index (χ1v) is 7.04. The summed E-state index contributed by atoms with van der Waals surface area (Å²) in [6.45, 7) is 2.76. The molecule has 0 radical (unpaired) electrons. The van der Waals surface area contributed by atoms with E-state index in [1.807, 2.05) is 6.07 Å². The molecular formula is C19H18O. The van der Waals surface area contributed by atoms with Crippen LogP contribution in [0.3, 0.4) is 0 Å². The maximum absolute atomic E-state index is 5.88. The van der Waals surface area contributed by atoms with Crippen LogP contribution in [0.15, 0.2) is 66.7 Å². The molecule has 0 saturated heterocycles. The van der Waals surface area contributed by atoms with Gasteiger partial charge in [-0.25, -0.2) is 0 Å². The molecule has 3 aromatic carbocycles. The first-order chi connectivity index (χ1) is 9.85. The van der Waals surface area contributed by atoms with Crippen molar-refractivity contribution in [3.8, 4) is 5.75 Å². The van der Waals surface area contributed by atoms with Gasteiger partial charge in [-0.15, -0.1) is 0 Å². The predicted molar refractivity (Wildman–Crippen MR) is 84.1 cm³/mol. The molecule has 0 aliphatic rings. The predicted octanol–water partition coefficient (Wildman–Crippen LogP) is 4.98. The van der Waals surface area contributed by atoms with Gasteiger partial charge in [0.25, 0.3) is 0 Å². The highest BCUT2D eigenvalue weighted by Crippen LogP contribution is 2.19. The van der Waals surface area contributed by atoms with Crippen molar-refractivity contribution < 1.29 is 4.74 Å². The molecule has 0 N–H and O–H groups in total. The molecule has 0 spiro atoms. The number of benzene rings is 3. The molecule has 1 nitrogen and oxygen atoms in total. The van der Waals surface area contributed by atoms with E-state index >= 15 is 0 Å². The molecule has 0 aliphatic heterocycles. The second-order valence-corrected chi connectivity index (χ2v) is 4.97. The third-order valence-electron chi connectivity index (χ3n) is 3.53. The Balaban J connectivity index is 1.76. The van der Waals surface area contributed by atoms with Crippen LogP contribution in [-0.4, -0.2) is 0 Å². The monoisotopic (exact) mass is 262 g/mol. The average molecular weight is 262 g/mol. The molecule has 100 valence electrons. The summed E-state index contributed by atoms with van der Waals surface area (Å²) in [5.74, 6) is 0.942. The molecule has 0 heterocycles. The van der Waals surface area contributed by atoms with Gasteiger partial charge in [0.15, 0.2) is 0 Å². The van der Waals surface area contributed by atoms with Crippen molar-refractivity contribution in [2.24, 2.45) is 0 Å². The Morgan fingerprint density at radius 2 is 1.60 bits per heavy atom. The Bertz CT molecular complexity index is 716. The van der Waals surface area contributed by atoms with E-state index in [1.54, 1.807) is 0 Å². The topological polar surface area (TPSA) is 9.23 Å². The van der Waals surface area contributed by atoms with Crippen LogP contribution in [0.5, 0.6) is 5.75 Å². The van der Waals surface area contributed by atoms with E-state index < -0.39 is 0 Å². The molecule has 0 aromatic heterocycles. The SMILES string of the molecule is CCc1cccc(OCc2ccc3ccccc3c2)c1. The highest BCUT2D eigenvalue weighted by Gasteiger charge is 1.99. The molecule has 0 fully saturated rings. The fourth-order valence-corrected chi connectivity index (χ4v) is 2.35. The molecule has 3 rings (SSSR count). The Hall–Kier alpha value is -2.28. The largest absolute Gasteiger partial charge is 0.489 e. The van der Waals surface area contributed by atoms with Gasteiger partial charge >= 0.3 is 0 Å². The van der Waals surface area contributed by atoms with Crippen LogP contribution in [0.2, 0.25) is 0 Å². The minimum atomic E-state index is 0.609. The van der Waals surface area contributed by atoms with E-state index in [1.165, 1.54) is 21.9 Å². The zero-order chi connectivity index (χ0) is 13.8. The quantitative estimate of drug-likeness (QED) is 0.644. The minimum Gasteiger partial charge on any atom is -0.489 e. The third kappa shape index (κ3) is 2.83. The molecule has 0 saturated carbocycles. The lowest BCUT2D eigenvalue weighted by Gasteiger charge is -2.08. The van der Waals surface area contributed by atoms with Crippen LogP contribution in [-0.2, 0) is 13.0 Å². The van der Waals surface area contributed by atoms with Crippen LogP contribution in [0.25, 0.3) is 10.8 Å². The summed E-state index contributed by atoms with van der Waals surface area (Å²) in [5, 5.41) is 2.53. The molecule has 1 heteroatoms. The summed E-state index contributed by atoms with van der Waals surface area (Å²) in [6.07, 6.45) is 1.03. The van der Waals surface area contributed by atoms with Gasteiger partial charge in [0.1, 0.15) is 12.4 Å². The lowest BCUT2D eigenvalue weighted by atomic mass is 10.1. The lowest BCUT2D eigenvalue weighted by Crippen LogP contribution is -1.95. The number of hydrogen-bond acceptors (Lipinski definition) is 1. The Morgan fingerprint density at radius 3 is 2.45 bits per heavy atom. The van der Waals surface area contributed by atoms with Gasteiger partial charge in [0, 0.05) is 0 Å². The Kier molecular flexibility index (Phi) is 3.69. The smallest absolute Gasteiger partial charge is 0.120 e. The number of rotatable bonds is 4. The summed E-state index contributed by atoms with van der Waals surface area (Å²) in [6, 6.07) is 23.2. The lowest BCUT2D eigenvalue weighted by molar-refractivity contribution is 0.306. The molecule has 0 atom stereocenters. The summed E-state index contributed by atoms with van der Waals surface area (Å²) in [7, 11) is 0. The number of aryl methyl sites for hydroxylation is 1. The van der Waals surface area contributed by atoms with E-state index in [2.05, 4.69) is 67.6 Å². The molecule has 3 aromatic rings. The molecule has 0 bridgehead atoms. The van der Waals surface area contributed by atoms with Gasteiger partial charge in [0.2, 0.25) is 0 Å². The van der Waals surface area contributed by atoms with Crippen LogP contribution in [0.4, 0.5) is 0 Å². The van der Waals surface area contributed by atoms with Crippen molar-refractivity contribution in [1.29, 1.82) is 0 Å². The fourth-order valence-electron chi connectivity index (χ4n) is 2.35. The zero-order valence-electron chi connectivity index (χ0n) is 11.7. The van der Waals surface area contributed by atoms with Crippen LogP contribution >= 0.6 is 0 Å².